The molecule has 1 saturated heterocycles. The Morgan fingerprint density at radius 1 is 1.21 bits per heavy atom. The third-order valence-electron chi connectivity index (χ3n) is 6.74. The second kappa shape index (κ2) is 9.75. The summed E-state index contributed by atoms with van der Waals surface area (Å²) < 4.78 is 41.7. The quantitative estimate of drug-likeness (QED) is 0.393. The van der Waals surface area contributed by atoms with Crippen LogP contribution in [0.5, 0.6) is 0 Å². The van der Waals surface area contributed by atoms with Gasteiger partial charge in [0, 0.05) is 23.5 Å². The molecule has 2 aliphatic heterocycles. The number of halogens is 4. The number of alkyl halides is 3. The summed E-state index contributed by atoms with van der Waals surface area (Å²) >= 11 is 6.94. The van der Waals surface area contributed by atoms with Gasteiger partial charge < -0.3 is 15.7 Å². The SMILES string of the molecule is NC1(C(=O)O)CCN(C2=NC(=O)C(=C(Cc3ccc(Cl)cc3C(F)(F)F)c3ccc4[nH]ncc4c3)S2)CC1. The van der Waals surface area contributed by atoms with Crippen LogP contribution in [0.1, 0.15) is 29.5 Å². The van der Waals surface area contributed by atoms with Crippen LogP contribution in [0.2, 0.25) is 5.02 Å². The Morgan fingerprint density at radius 3 is 2.63 bits per heavy atom. The summed E-state index contributed by atoms with van der Waals surface area (Å²) in [4.78, 5) is 30.8. The molecule has 0 saturated carbocycles. The number of carbonyl (C=O) groups is 2. The van der Waals surface area contributed by atoms with Crippen molar-refractivity contribution in [2.75, 3.05) is 13.1 Å². The molecule has 3 aromatic rings. The molecular weight excluding hydrogens is 543 g/mol. The normalized spacial score (nSPS) is 19.1. The number of fused-ring (bicyclic) bond motifs is 1. The number of nitrogens with one attached hydrogen (secondary N) is 1. The average Bonchev–Trinajstić information content (AvgIpc) is 3.49. The molecule has 2 aliphatic rings. The van der Waals surface area contributed by atoms with Gasteiger partial charge in [0.2, 0.25) is 0 Å². The molecule has 198 valence electrons. The van der Waals surface area contributed by atoms with E-state index in [0.29, 0.717) is 16.3 Å². The highest BCUT2D eigenvalue weighted by Crippen LogP contribution is 2.41. The molecule has 3 heterocycles. The zero-order valence-corrected chi connectivity index (χ0v) is 21.3. The molecule has 38 heavy (non-hydrogen) atoms. The monoisotopic (exact) mass is 563 g/mol. The number of hydrogen-bond donors (Lipinski definition) is 3. The summed E-state index contributed by atoms with van der Waals surface area (Å²) in [5.41, 5.74) is 5.37. The van der Waals surface area contributed by atoms with Crippen molar-refractivity contribution < 1.29 is 27.9 Å². The summed E-state index contributed by atoms with van der Waals surface area (Å²) in [5, 5.41) is 17.3. The molecule has 0 bridgehead atoms. The van der Waals surface area contributed by atoms with Gasteiger partial charge in [-0.3, -0.25) is 14.7 Å². The van der Waals surface area contributed by atoms with E-state index in [9.17, 15) is 27.9 Å². The second-order valence-electron chi connectivity index (χ2n) is 9.21. The number of nitrogens with zero attached hydrogens (tertiary/aromatic N) is 3. The number of carboxylic acids is 1. The number of carboxylic acid groups (broad SMARTS) is 1. The van der Waals surface area contributed by atoms with Crippen molar-refractivity contribution in [2.45, 2.75) is 31.0 Å². The van der Waals surface area contributed by atoms with Crippen LogP contribution in [0.15, 0.2) is 52.5 Å². The van der Waals surface area contributed by atoms with Crippen LogP contribution in [0, 0.1) is 0 Å². The largest absolute Gasteiger partial charge is 0.480 e. The first-order chi connectivity index (χ1) is 17.9. The summed E-state index contributed by atoms with van der Waals surface area (Å²) in [7, 11) is 0. The molecule has 0 aliphatic carbocycles. The standard InChI is InChI=1S/C25H21ClF3N5O3S/c26-16-3-1-14(18(11-16)25(27,28)29)10-17(13-2-4-19-15(9-13)12-31-33-19)20-21(35)32-23(38-20)34-7-5-24(30,6-8-34)22(36)37/h1-4,9,11-12H,5-8,10,30H2,(H,31,33)(H,36,37). The Labute approximate surface area is 223 Å². The molecule has 1 aromatic heterocycles. The number of carbonyl (C=O) groups excluding carboxylic acids is 1. The lowest BCUT2D eigenvalue weighted by atomic mass is 9.89. The predicted molar refractivity (Wildman–Crippen MR) is 139 cm³/mol. The van der Waals surface area contributed by atoms with Crippen molar-refractivity contribution in [1.82, 2.24) is 15.1 Å². The highest BCUT2D eigenvalue weighted by Gasteiger charge is 2.40. The number of nitrogens with two attached hydrogens (primary N) is 1. The van der Waals surface area contributed by atoms with Crippen LogP contribution in [0.3, 0.4) is 0 Å². The third kappa shape index (κ3) is 5.03. The van der Waals surface area contributed by atoms with Crippen molar-refractivity contribution in [1.29, 1.82) is 0 Å². The minimum absolute atomic E-state index is 0.0362. The van der Waals surface area contributed by atoms with E-state index in [0.717, 1.165) is 28.7 Å². The second-order valence-corrected chi connectivity index (χ2v) is 10.6. The van der Waals surface area contributed by atoms with Gasteiger partial charge in [-0.1, -0.05) is 23.7 Å². The number of aliphatic carboxylic acids is 1. The first-order valence-electron chi connectivity index (χ1n) is 11.5. The van der Waals surface area contributed by atoms with Gasteiger partial charge in [0.15, 0.2) is 5.17 Å². The number of rotatable bonds is 4. The maximum Gasteiger partial charge on any atom is 0.416 e. The van der Waals surface area contributed by atoms with Gasteiger partial charge in [0.1, 0.15) is 5.54 Å². The van der Waals surface area contributed by atoms with E-state index in [-0.39, 0.29) is 47.8 Å². The van der Waals surface area contributed by atoms with Crippen molar-refractivity contribution >= 4 is 56.9 Å². The number of aromatic amines is 1. The minimum Gasteiger partial charge on any atom is -0.480 e. The highest BCUT2D eigenvalue weighted by atomic mass is 35.5. The van der Waals surface area contributed by atoms with E-state index in [1.54, 1.807) is 29.3 Å². The van der Waals surface area contributed by atoms with E-state index in [2.05, 4.69) is 15.2 Å². The van der Waals surface area contributed by atoms with Crippen molar-refractivity contribution in [3.63, 3.8) is 0 Å². The summed E-state index contributed by atoms with van der Waals surface area (Å²) in [6.07, 6.45) is -2.92. The average molecular weight is 564 g/mol. The smallest absolute Gasteiger partial charge is 0.416 e. The van der Waals surface area contributed by atoms with E-state index in [4.69, 9.17) is 17.3 Å². The molecule has 8 nitrogen and oxygen atoms in total. The van der Waals surface area contributed by atoms with Crippen molar-refractivity contribution in [3.05, 3.63) is 69.2 Å². The van der Waals surface area contributed by atoms with Crippen molar-refractivity contribution in [2.24, 2.45) is 10.7 Å². The first kappa shape index (κ1) is 26.3. The number of amidine groups is 1. The zero-order chi connectivity index (χ0) is 27.2. The fourth-order valence-electron chi connectivity index (χ4n) is 4.53. The number of allylic oxidation sites excluding steroid dienone is 1. The Morgan fingerprint density at radius 2 is 1.95 bits per heavy atom. The Balaban J connectivity index is 1.53. The van der Waals surface area contributed by atoms with Gasteiger partial charge in [-0.2, -0.15) is 23.3 Å². The molecule has 5 rings (SSSR count). The molecular formula is C25H21ClF3N5O3S. The van der Waals surface area contributed by atoms with Crippen LogP contribution >= 0.6 is 23.4 Å². The number of piperidine rings is 1. The highest BCUT2D eigenvalue weighted by molar-refractivity contribution is 8.18. The minimum atomic E-state index is -4.65. The predicted octanol–water partition coefficient (Wildman–Crippen LogP) is 4.70. The van der Waals surface area contributed by atoms with E-state index < -0.39 is 29.2 Å². The lowest BCUT2D eigenvalue weighted by Crippen LogP contribution is -2.56. The third-order valence-corrected chi connectivity index (χ3v) is 8.14. The van der Waals surface area contributed by atoms with Crippen LogP contribution in [0.25, 0.3) is 16.5 Å². The fraction of sp³-hybridized carbons (Fsp3) is 0.280. The summed E-state index contributed by atoms with van der Waals surface area (Å²) in [5.74, 6) is -1.66. The number of likely N-dealkylation sites (tertiary alicyclic amines) is 1. The van der Waals surface area contributed by atoms with Gasteiger partial charge in [0.25, 0.3) is 5.91 Å². The van der Waals surface area contributed by atoms with Gasteiger partial charge >= 0.3 is 12.1 Å². The molecule has 4 N–H and O–H groups in total. The number of benzene rings is 2. The lowest BCUT2D eigenvalue weighted by molar-refractivity contribution is -0.145. The Hall–Kier alpha value is -3.35. The fourth-order valence-corrected chi connectivity index (χ4v) is 5.77. The number of aliphatic imine (C=N–C) groups is 1. The topological polar surface area (TPSA) is 125 Å². The summed E-state index contributed by atoms with van der Waals surface area (Å²) in [6, 6.07) is 8.79. The Bertz CT molecular complexity index is 1510. The van der Waals surface area contributed by atoms with E-state index in [1.165, 1.54) is 12.1 Å². The maximum absolute atomic E-state index is 13.9. The number of thioether (sulfide) groups is 1. The molecule has 0 unspecified atom stereocenters. The van der Waals surface area contributed by atoms with Gasteiger partial charge in [0.05, 0.1) is 22.2 Å². The number of aromatic nitrogens is 2. The molecule has 2 aromatic carbocycles. The van der Waals surface area contributed by atoms with E-state index in [1.807, 2.05) is 0 Å². The van der Waals surface area contributed by atoms with Crippen LogP contribution in [-0.2, 0) is 22.2 Å². The van der Waals surface area contributed by atoms with E-state index >= 15 is 0 Å². The zero-order valence-electron chi connectivity index (χ0n) is 19.7. The maximum atomic E-state index is 13.9. The van der Waals surface area contributed by atoms with Crippen LogP contribution < -0.4 is 5.73 Å². The first-order valence-corrected chi connectivity index (χ1v) is 12.7. The van der Waals surface area contributed by atoms with Gasteiger partial charge in [-0.05, 0) is 72.0 Å². The van der Waals surface area contributed by atoms with Crippen LogP contribution in [0.4, 0.5) is 13.2 Å². The number of amides is 1. The number of H-pyrrole nitrogens is 1. The molecule has 0 atom stereocenters. The molecule has 0 spiro atoms. The van der Waals surface area contributed by atoms with Gasteiger partial charge in [-0.25, -0.2) is 0 Å². The lowest BCUT2D eigenvalue weighted by Gasteiger charge is -2.36. The summed E-state index contributed by atoms with van der Waals surface area (Å²) in [6.45, 7) is 0.557. The molecule has 1 amide bonds. The molecule has 1 fully saturated rings. The van der Waals surface area contributed by atoms with Crippen molar-refractivity contribution in [3.8, 4) is 0 Å². The molecule has 13 heteroatoms. The van der Waals surface area contributed by atoms with Crippen LogP contribution in [-0.4, -0.2) is 55.9 Å². The number of hydrogen-bond acceptors (Lipinski definition) is 6. The Kier molecular flexibility index (Phi) is 6.74. The van der Waals surface area contributed by atoms with Gasteiger partial charge in [-0.15, -0.1) is 0 Å². The molecule has 0 radical (unpaired) electrons.